The predicted octanol–water partition coefficient (Wildman–Crippen LogP) is 4.44. The van der Waals surface area contributed by atoms with Crippen LogP contribution in [0.4, 0.5) is 0 Å². The van der Waals surface area contributed by atoms with E-state index in [9.17, 15) is 0 Å². The van der Waals surface area contributed by atoms with Crippen molar-refractivity contribution in [1.82, 2.24) is 14.5 Å². The van der Waals surface area contributed by atoms with Crippen molar-refractivity contribution in [2.24, 2.45) is 0 Å². The second-order valence-electron chi connectivity index (χ2n) is 7.08. The summed E-state index contributed by atoms with van der Waals surface area (Å²) < 4.78 is 2.57. The van der Waals surface area contributed by atoms with Crippen LogP contribution in [0.25, 0.3) is 10.9 Å². The molecule has 130 valence electrons. The van der Waals surface area contributed by atoms with E-state index in [0.29, 0.717) is 0 Å². The fraction of sp³-hybridized carbons (Fsp3) is 0.409. The summed E-state index contributed by atoms with van der Waals surface area (Å²) in [6.07, 6.45) is 8.60. The molecule has 0 atom stereocenters. The van der Waals surface area contributed by atoms with Crippen molar-refractivity contribution in [3.8, 4) is 0 Å². The highest BCUT2D eigenvalue weighted by atomic mass is 15.1. The fourth-order valence-electron chi connectivity index (χ4n) is 4.08. The van der Waals surface area contributed by atoms with Gasteiger partial charge in [-0.25, -0.2) is 0 Å². The molecule has 3 nitrogen and oxygen atoms in total. The van der Waals surface area contributed by atoms with Crippen molar-refractivity contribution < 1.29 is 0 Å². The Labute approximate surface area is 150 Å². The quantitative estimate of drug-likeness (QED) is 0.665. The molecule has 0 saturated carbocycles. The number of aromatic nitrogens is 2. The first kappa shape index (κ1) is 16.3. The van der Waals surface area contributed by atoms with E-state index in [1.165, 1.54) is 48.8 Å². The number of benzene rings is 1. The number of para-hydroxylation sites is 1. The van der Waals surface area contributed by atoms with E-state index in [1.807, 2.05) is 12.4 Å². The number of hydrogen-bond acceptors (Lipinski definition) is 2. The van der Waals surface area contributed by atoms with Crippen LogP contribution in [0.15, 0.2) is 48.8 Å². The molecule has 0 N–H and O–H groups in total. The molecule has 2 aromatic heterocycles. The number of hydrogen-bond donors (Lipinski definition) is 0. The SMILES string of the molecule is CCCCN1CCc2c(c3ccccc3n2CCc2ccncc2)C1. The Morgan fingerprint density at radius 2 is 1.88 bits per heavy atom. The molecule has 1 aliphatic rings. The first-order valence-corrected chi connectivity index (χ1v) is 9.57. The zero-order valence-electron chi connectivity index (χ0n) is 15.1. The van der Waals surface area contributed by atoms with Gasteiger partial charge >= 0.3 is 0 Å². The standard InChI is InChI=1S/C22H27N3/c1-2-3-14-24-15-11-22-20(17-24)19-6-4-5-7-21(19)25(22)16-10-18-8-12-23-13-9-18/h4-9,12-13H,2-3,10-11,14-17H2,1H3. The van der Waals surface area contributed by atoms with Crippen LogP contribution in [0.1, 0.15) is 36.6 Å². The van der Waals surface area contributed by atoms with Crippen LogP contribution in [-0.4, -0.2) is 27.5 Å². The summed E-state index contributed by atoms with van der Waals surface area (Å²) in [5, 5.41) is 1.45. The van der Waals surface area contributed by atoms with E-state index in [1.54, 1.807) is 11.3 Å². The summed E-state index contributed by atoms with van der Waals surface area (Å²) in [5.41, 5.74) is 5.89. The molecule has 0 radical (unpaired) electrons. The summed E-state index contributed by atoms with van der Waals surface area (Å²) in [7, 11) is 0. The van der Waals surface area contributed by atoms with Crippen molar-refractivity contribution in [1.29, 1.82) is 0 Å². The van der Waals surface area contributed by atoms with Crippen LogP contribution < -0.4 is 0 Å². The summed E-state index contributed by atoms with van der Waals surface area (Å²) in [6, 6.07) is 13.2. The normalized spacial score (nSPS) is 14.8. The molecule has 25 heavy (non-hydrogen) atoms. The topological polar surface area (TPSA) is 21.1 Å². The smallest absolute Gasteiger partial charge is 0.0486 e. The minimum absolute atomic E-state index is 1.05. The third-order valence-corrected chi connectivity index (χ3v) is 5.44. The van der Waals surface area contributed by atoms with Gasteiger partial charge in [0.2, 0.25) is 0 Å². The van der Waals surface area contributed by atoms with Crippen LogP contribution in [0.2, 0.25) is 0 Å². The third kappa shape index (κ3) is 3.34. The molecule has 0 fully saturated rings. The molecule has 3 aromatic rings. The van der Waals surface area contributed by atoms with Crippen molar-refractivity contribution >= 4 is 10.9 Å². The average molecular weight is 333 g/mol. The lowest BCUT2D eigenvalue weighted by Gasteiger charge is -2.28. The highest BCUT2D eigenvalue weighted by Crippen LogP contribution is 2.31. The van der Waals surface area contributed by atoms with Gasteiger partial charge in [-0.05, 0) is 48.7 Å². The maximum atomic E-state index is 4.13. The molecule has 0 bridgehead atoms. The van der Waals surface area contributed by atoms with Crippen LogP contribution in [0.5, 0.6) is 0 Å². The van der Waals surface area contributed by atoms with Gasteiger partial charge in [0.1, 0.15) is 0 Å². The van der Waals surface area contributed by atoms with Gasteiger partial charge in [-0.1, -0.05) is 31.5 Å². The zero-order valence-corrected chi connectivity index (χ0v) is 15.1. The van der Waals surface area contributed by atoms with Crippen LogP contribution in [-0.2, 0) is 25.9 Å². The molecular weight excluding hydrogens is 306 g/mol. The Morgan fingerprint density at radius 1 is 1.04 bits per heavy atom. The molecule has 0 saturated heterocycles. The Morgan fingerprint density at radius 3 is 2.72 bits per heavy atom. The lowest BCUT2D eigenvalue weighted by atomic mass is 10.0. The maximum Gasteiger partial charge on any atom is 0.0486 e. The predicted molar refractivity (Wildman–Crippen MR) is 104 cm³/mol. The molecule has 3 heterocycles. The van der Waals surface area contributed by atoms with Crippen molar-refractivity contribution in [3.05, 3.63) is 65.6 Å². The van der Waals surface area contributed by atoms with Crippen LogP contribution in [0.3, 0.4) is 0 Å². The number of pyridine rings is 1. The van der Waals surface area contributed by atoms with Crippen molar-refractivity contribution in [3.63, 3.8) is 0 Å². The van der Waals surface area contributed by atoms with Gasteiger partial charge in [-0.2, -0.15) is 0 Å². The van der Waals surface area contributed by atoms with Gasteiger partial charge in [-0.3, -0.25) is 9.88 Å². The fourth-order valence-corrected chi connectivity index (χ4v) is 4.08. The molecule has 4 rings (SSSR count). The molecule has 3 heteroatoms. The first-order chi connectivity index (χ1) is 12.4. The number of nitrogens with zero attached hydrogens (tertiary/aromatic N) is 3. The summed E-state index contributed by atoms with van der Waals surface area (Å²) in [5.74, 6) is 0. The highest BCUT2D eigenvalue weighted by Gasteiger charge is 2.23. The zero-order chi connectivity index (χ0) is 17.1. The van der Waals surface area contributed by atoms with Gasteiger partial charge < -0.3 is 4.57 Å². The lowest BCUT2D eigenvalue weighted by molar-refractivity contribution is 0.248. The molecule has 0 aliphatic carbocycles. The molecule has 0 spiro atoms. The maximum absolute atomic E-state index is 4.13. The van der Waals surface area contributed by atoms with Crippen LogP contribution in [0, 0.1) is 0 Å². The van der Waals surface area contributed by atoms with E-state index in [0.717, 1.165) is 19.5 Å². The summed E-state index contributed by atoms with van der Waals surface area (Å²) in [6.45, 7) is 6.86. The number of fused-ring (bicyclic) bond motifs is 3. The van der Waals surface area contributed by atoms with E-state index in [2.05, 4.69) is 57.8 Å². The van der Waals surface area contributed by atoms with Crippen LogP contribution >= 0.6 is 0 Å². The number of aryl methyl sites for hydroxylation is 2. The molecule has 1 aliphatic heterocycles. The second-order valence-corrected chi connectivity index (χ2v) is 7.08. The Bertz CT molecular complexity index is 835. The average Bonchev–Trinajstić information content (AvgIpc) is 2.99. The third-order valence-electron chi connectivity index (χ3n) is 5.44. The van der Waals surface area contributed by atoms with Gasteiger partial charge in [0.05, 0.1) is 0 Å². The van der Waals surface area contributed by atoms with Crippen molar-refractivity contribution in [2.75, 3.05) is 13.1 Å². The molecule has 1 aromatic carbocycles. The molecule has 0 unspecified atom stereocenters. The molecular formula is C22H27N3. The Kier molecular flexibility index (Phi) is 4.84. The Hall–Kier alpha value is -2.13. The van der Waals surface area contributed by atoms with E-state index in [4.69, 9.17) is 0 Å². The molecule has 0 amide bonds. The largest absolute Gasteiger partial charge is 0.344 e. The van der Waals surface area contributed by atoms with Gasteiger partial charge in [0.25, 0.3) is 0 Å². The lowest BCUT2D eigenvalue weighted by Crippen LogP contribution is -2.32. The van der Waals surface area contributed by atoms with Gasteiger partial charge in [-0.15, -0.1) is 0 Å². The Balaban J connectivity index is 1.64. The van der Waals surface area contributed by atoms with E-state index in [-0.39, 0.29) is 0 Å². The first-order valence-electron chi connectivity index (χ1n) is 9.57. The minimum Gasteiger partial charge on any atom is -0.344 e. The second kappa shape index (κ2) is 7.40. The number of rotatable bonds is 6. The summed E-state index contributed by atoms with van der Waals surface area (Å²) >= 11 is 0. The van der Waals surface area contributed by atoms with Crippen molar-refractivity contribution in [2.45, 2.75) is 45.7 Å². The minimum atomic E-state index is 1.05. The monoisotopic (exact) mass is 333 g/mol. The highest BCUT2D eigenvalue weighted by molar-refractivity contribution is 5.85. The van der Waals surface area contributed by atoms with Gasteiger partial charge in [0.15, 0.2) is 0 Å². The van der Waals surface area contributed by atoms with E-state index >= 15 is 0 Å². The van der Waals surface area contributed by atoms with E-state index < -0.39 is 0 Å². The van der Waals surface area contributed by atoms with Gasteiger partial charge in [0, 0.05) is 55.0 Å². The number of unbranched alkanes of at least 4 members (excludes halogenated alkanes) is 1. The summed E-state index contributed by atoms with van der Waals surface area (Å²) in [4.78, 5) is 6.76.